The average molecular weight is 144 g/mol. The van der Waals surface area contributed by atoms with E-state index in [9.17, 15) is 9.59 Å². The molecule has 0 spiro atoms. The summed E-state index contributed by atoms with van der Waals surface area (Å²) >= 11 is 0. The zero-order chi connectivity index (χ0) is 7.82. The summed E-state index contributed by atoms with van der Waals surface area (Å²) in [4.78, 5) is 19.9. The molecule has 0 rings (SSSR count). The van der Waals surface area contributed by atoms with Gasteiger partial charge in [0.05, 0.1) is 0 Å². The second-order valence-electron chi connectivity index (χ2n) is 1.34. The molecule has 4 heteroatoms. The molecule has 0 aromatic heterocycles. The molecule has 0 heterocycles. The average Bonchev–Trinajstić information content (AvgIpc) is 1.89. The fourth-order valence-corrected chi connectivity index (χ4v) is 0.304. The van der Waals surface area contributed by atoms with Gasteiger partial charge in [0, 0.05) is 6.08 Å². The third-order valence-corrected chi connectivity index (χ3v) is 0.640. The van der Waals surface area contributed by atoms with Crippen LogP contribution in [0.5, 0.6) is 0 Å². The standard InChI is InChI=1S/C6H8O4/c1-2-3-6(8)10-5-9-4-7/h2-4H,5H2,1H3. The minimum Gasteiger partial charge on any atom is -0.430 e. The molecule has 0 bridgehead atoms. The maximum absolute atomic E-state index is 10.4. The van der Waals surface area contributed by atoms with Gasteiger partial charge in [0.1, 0.15) is 0 Å². The van der Waals surface area contributed by atoms with Crippen molar-refractivity contribution >= 4 is 12.4 Å². The zero-order valence-electron chi connectivity index (χ0n) is 5.57. The lowest BCUT2D eigenvalue weighted by Crippen LogP contribution is -2.04. The molecule has 0 fully saturated rings. The molecule has 0 aromatic rings. The van der Waals surface area contributed by atoms with Crippen LogP contribution in [0.3, 0.4) is 0 Å². The van der Waals surface area contributed by atoms with Gasteiger partial charge < -0.3 is 9.47 Å². The van der Waals surface area contributed by atoms with Crippen LogP contribution in [0.4, 0.5) is 0 Å². The summed E-state index contributed by atoms with van der Waals surface area (Å²) in [6.07, 6.45) is 2.76. The van der Waals surface area contributed by atoms with Crippen molar-refractivity contribution in [2.45, 2.75) is 6.92 Å². The molecule has 0 atom stereocenters. The summed E-state index contributed by atoms with van der Waals surface area (Å²) in [7, 11) is 0. The molecule has 10 heavy (non-hydrogen) atoms. The molecule has 0 saturated carbocycles. The van der Waals surface area contributed by atoms with Crippen molar-refractivity contribution in [3.63, 3.8) is 0 Å². The van der Waals surface area contributed by atoms with E-state index in [1.807, 2.05) is 0 Å². The first-order valence-corrected chi connectivity index (χ1v) is 2.66. The second kappa shape index (κ2) is 5.81. The summed E-state index contributed by atoms with van der Waals surface area (Å²) in [5, 5.41) is 0. The Morgan fingerprint density at radius 2 is 2.30 bits per heavy atom. The predicted octanol–water partition coefficient (Wildman–Crippen LogP) is 0.236. The Morgan fingerprint density at radius 3 is 2.80 bits per heavy atom. The summed E-state index contributed by atoms with van der Waals surface area (Å²) in [6.45, 7) is 1.57. The summed E-state index contributed by atoms with van der Waals surface area (Å²) < 4.78 is 8.44. The molecule has 0 radical (unpaired) electrons. The Bertz CT molecular complexity index is 139. The second-order valence-corrected chi connectivity index (χ2v) is 1.34. The third kappa shape index (κ3) is 4.83. The van der Waals surface area contributed by atoms with Crippen LogP contribution in [0.15, 0.2) is 12.2 Å². The van der Waals surface area contributed by atoms with E-state index in [2.05, 4.69) is 9.47 Å². The maximum Gasteiger partial charge on any atom is 0.333 e. The molecule has 0 aliphatic carbocycles. The van der Waals surface area contributed by atoms with Crippen molar-refractivity contribution in [1.29, 1.82) is 0 Å². The van der Waals surface area contributed by atoms with E-state index >= 15 is 0 Å². The quantitative estimate of drug-likeness (QED) is 0.186. The number of hydrogen-bond acceptors (Lipinski definition) is 4. The Labute approximate surface area is 58.4 Å². The van der Waals surface area contributed by atoms with Crippen LogP contribution in [0, 0.1) is 0 Å². The summed E-state index contributed by atoms with van der Waals surface area (Å²) in [6, 6.07) is 0. The van der Waals surface area contributed by atoms with Gasteiger partial charge in [-0.1, -0.05) is 6.08 Å². The summed E-state index contributed by atoms with van der Waals surface area (Å²) in [5.41, 5.74) is 0. The van der Waals surface area contributed by atoms with Crippen molar-refractivity contribution in [1.82, 2.24) is 0 Å². The maximum atomic E-state index is 10.4. The summed E-state index contributed by atoms with van der Waals surface area (Å²) in [5.74, 6) is -0.524. The molecule has 0 aromatic carbocycles. The zero-order valence-corrected chi connectivity index (χ0v) is 5.57. The molecular weight excluding hydrogens is 136 g/mol. The van der Waals surface area contributed by atoms with Crippen molar-refractivity contribution < 1.29 is 19.1 Å². The number of ether oxygens (including phenoxy) is 2. The number of carbonyl (C=O) groups excluding carboxylic acids is 2. The molecule has 4 nitrogen and oxygen atoms in total. The Morgan fingerprint density at radius 1 is 1.60 bits per heavy atom. The van der Waals surface area contributed by atoms with Crippen molar-refractivity contribution in [2.24, 2.45) is 0 Å². The number of carbonyl (C=O) groups is 2. The van der Waals surface area contributed by atoms with Gasteiger partial charge in [0.25, 0.3) is 6.47 Å². The van der Waals surface area contributed by atoms with Gasteiger partial charge in [-0.15, -0.1) is 0 Å². The lowest BCUT2D eigenvalue weighted by Gasteiger charge is -1.96. The van der Waals surface area contributed by atoms with E-state index in [0.717, 1.165) is 0 Å². The van der Waals surface area contributed by atoms with Crippen molar-refractivity contribution in [3.8, 4) is 0 Å². The van der Waals surface area contributed by atoms with Crippen LogP contribution in [-0.2, 0) is 19.1 Å². The smallest absolute Gasteiger partial charge is 0.333 e. The van der Waals surface area contributed by atoms with Crippen LogP contribution < -0.4 is 0 Å². The highest BCUT2D eigenvalue weighted by molar-refractivity contribution is 5.81. The Hall–Kier alpha value is -1.32. The first kappa shape index (κ1) is 8.68. The van der Waals surface area contributed by atoms with E-state index in [-0.39, 0.29) is 13.3 Å². The number of rotatable bonds is 4. The van der Waals surface area contributed by atoms with Crippen LogP contribution in [0.25, 0.3) is 0 Å². The van der Waals surface area contributed by atoms with E-state index in [1.165, 1.54) is 12.2 Å². The van der Waals surface area contributed by atoms with Gasteiger partial charge in [-0.05, 0) is 6.92 Å². The largest absolute Gasteiger partial charge is 0.430 e. The fourth-order valence-electron chi connectivity index (χ4n) is 0.304. The lowest BCUT2D eigenvalue weighted by molar-refractivity contribution is -0.155. The van der Waals surface area contributed by atoms with Gasteiger partial charge in [-0.3, -0.25) is 4.79 Å². The monoisotopic (exact) mass is 144 g/mol. The van der Waals surface area contributed by atoms with Crippen LogP contribution in [0.1, 0.15) is 6.92 Å². The van der Waals surface area contributed by atoms with Gasteiger partial charge >= 0.3 is 5.97 Å². The molecule has 0 N–H and O–H groups in total. The SMILES string of the molecule is CC=CC(=O)OCOC=O. The highest BCUT2D eigenvalue weighted by Gasteiger charge is 1.92. The van der Waals surface area contributed by atoms with Gasteiger partial charge in [0.2, 0.25) is 6.79 Å². The van der Waals surface area contributed by atoms with E-state index < -0.39 is 5.97 Å². The van der Waals surface area contributed by atoms with Crippen LogP contribution >= 0.6 is 0 Å². The Balaban J connectivity index is 3.30. The first-order valence-electron chi connectivity index (χ1n) is 2.66. The van der Waals surface area contributed by atoms with Crippen molar-refractivity contribution in [3.05, 3.63) is 12.2 Å². The molecule has 0 unspecified atom stereocenters. The van der Waals surface area contributed by atoms with E-state index in [0.29, 0.717) is 0 Å². The topological polar surface area (TPSA) is 52.6 Å². The number of hydrogen-bond donors (Lipinski definition) is 0. The van der Waals surface area contributed by atoms with Crippen LogP contribution in [-0.4, -0.2) is 19.2 Å². The number of allylic oxidation sites excluding steroid dienone is 1. The molecule has 0 aliphatic heterocycles. The van der Waals surface area contributed by atoms with Gasteiger partial charge in [-0.25, -0.2) is 4.79 Å². The van der Waals surface area contributed by atoms with Crippen LogP contribution in [0.2, 0.25) is 0 Å². The normalized spacial score (nSPS) is 9.30. The molecule has 0 amide bonds. The lowest BCUT2D eigenvalue weighted by atomic mass is 10.5. The Kier molecular flexibility index (Phi) is 5.04. The van der Waals surface area contributed by atoms with Gasteiger partial charge in [-0.2, -0.15) is 0 Å². The highest BCUT2D eigenvalue weighted by Crippen LogP contribution is 1.80. The minimum absolute atomic E-state index is 0.211. The molecular formula is C6H8O4. The van der Waals surface area contributed by atoms with E-state index in [1.54, 1.807) is 6.92 Å². The molecule has 0 aliphatic rings. The third-order valence-electron chi connectivity index (χ3n) is 0.640. The fraction of sp³-hybridized carbons (Fsp3) is 0.333. The van der Waals surface area contributed by atoms with Crippen molar-refractivity contribution in [2.75, 3.05) is 6.79 Å². The van der Waals surface area contributed by atoms with E-state index in [4.69, 9.17) is 0 Å². The van der Waals surface area contributed by atoms with Gasteiger partial charge in [0.15, 0.2) is 0 Å². The highest BCUT2D eigenvalue weighted by atomic mass is 16.7. The number of esters is 1. The predicted molar refractivity (Wildman–Crippen MR) is 32.9 cm³/mol. The molecule has 0 saturated heterocycles. The first-order chi connectivity index (χ1) is 4.81. The minimum atomic E-state index is -0.524. The molecule has 56 valence electrons.